The molecular weight excluding hydrogens is 442 g/mol. The zero-order valence-corrected chi connectivity index (χ0v) is 19.2. The number of nitrogens with one attached hydrogen (secondary N) is 1. The Morgan fingerprint density at radius 3 is 2.42 bits per heavy atom. The summed E-state index contributed by atoms with van der Waals surface area (Å²) in [5.74, 6) is -0.686. The summed E-state index contributed by atoms with van der Waals surface area (Å²) in [7, 11) is 0. The number of aliphatic carboxylic acids is 1. The zero-order chi connectivity index (χ0) is 23.7. The number of rotatable bonds is 7. The van der Waals surface area contributed by atoms with Crippen LogP contribution in [0.15, 0.2) is 56.1 Å². The van der Waals surface area contributed by atoms with Gasteiger partial charge in [0.05, 0.1) is 12.0 Å². The third-order valence-corrected chi connectivity index (χ3v) is 6.31. The number of benzene rings is 2. The molecule has 0 bridgehead atoms. The number of amides is 1. The van der Waals surface area contributed by atoms with E-state index in [9.17, 15) is 19.5 Å². The first-order valence-corrected chi connectivity index (χ1v) is 11.8. The van der Waals surface area contributed by atoms with Crippen molar-refractivity contribution in [2.45, 2.75) is 26.3 Å². The Hall–Kier alpha value is -3.52. The lowest BCUT2D eigenvalue weighted by Crippen LogP contribution is -2.43. The lowest BCUT2D eigenvalue weighted by Gasteiger charge is -2.14. The van der Waals surface area contributed by atoms with Gasteiger partial charge in [-0.05, 0) is 37.3 Å². The Kier molecular flexibility index (Phi) is 6.29. The van der Waals surface area contributed by atoms with Gasteiger partial charge in [0, 0.05) is 28.2 Å². The molecule has 7 nitrogen and oxygen atoms in total. The van der Waals surface area contributed by atoms with Crippen molar-refractivity contribution in [3.63, 3.8) is 0 Å². The Labute approximate surface area is 193 Å². The van der Waals surface area contributed by atoms with Crippen molar-refractivity contribution in [3.05, 3.63) is 69.8 Å². The highest BCUT2D eigenvalue weighted by Crippen LogP contribution is 2.37. The van der Waals surface area contributed by atoms with E-state index in [4.69, 9.17) is 8.83 Å². The molecular formula is C25H23NO6S. The summed E-state index contributed by atoms with van der Waals surface area (Å²) < 4.78 is 11.5. The monoisotopic (exact) mass is 465 g/mol. The minimum Gasteiger partial charge on any atom is -0.480 e. The Balaban J connectivity index is 1.78. The predicted molar refractivity (Wildman–Crippen MR) is 129 cm³/mol. The number of hydrogen-bond acceptors (Lipinski definition) is 6. The van der Waals surface area contributed by atoms with Crippen molar-refractivity contribution < 1.29 is 23.5 Å². The third-order valence-electron chi connectivity index (χ3n) is 5.64. The summed E-state index contributed by atoms with van der Waals surface area (Å²) in [6.45, 7) is 3.65. The highest BCUT2D eigenvalue weighted by Gasteiger charge is 2.22. The molecule has 0 aliphatic rings. The van der Waals surface area contributed by atoms with Gasteiger partial charge in [-0.2, -0.15) is 11.8 Å². The van der Waals surface area contributed by atoms with E-state index >= 15 is 0 Å². The summed E-state index contributed by atoms with van der Waals surface area (Å²) in [6.07, 6.45) is 1.49. The molecule has 0 aliphatic heterocycles. The van der Waals surface area contributed by atoms with Crippen molar-refractivity contribution in [1.29, 1.82) is 0 Å². The van der Waals surface area contributed by atoms with Crippen LogP contribution in [0.2, 0.25) is 0 Å². The van der Waals surface area contributed by atoms with Crippen LogP contribution in [0.3, 0.4) is 0 Å². The quantitative estimate of drug-likeness (QED) is 0.392. The molecule has 0 saturated carbocycles. The molecule has 0 fully saturated rings. The van der Waals surface area contributed by atoms with Gasteiger partial charge in [-0.3, -0.25) is 4.79 Å². The maximum Gasteiger partial charge on any atom is 0.340 e. The maximum absolute atomic E-state index is 12.7. The lowest BCUT2D eigenvalue weighted by atomic mass is 9.98. The van der Waals surface area contributed by atoms with Crippen LogP contribution in [0.1, 0.15) is 16.9 Å². The molecule has 2 aromatic carbocycles. The number of carboxylic acid groups (broad SMARTS) is 1. The van der Waals surface area contributed by atoms with E-state index in [2.05, 4.69) is 5.32 Å². The van der Waals surface area contributed by atoms with E-state index in [1.807, 2.05) is 43.3 Å². The second kappa shape index (κ2) is 9.15. The van der Waals surface area contributed by atoms with Crippen LogP contribution in [0.4, 0.5) is 0 Å². The van der Waals surface area contributed by atoms with E-state index in [0.717, 1.165) is 22.3 Å². The Morgan fingerprint density at radius 2 is 1.76 bits per heavy atom. The van der Waals surface area contributed by atoms with E-state index < -0.39 is 23.5 Å². The van der Waals surface area contributed by atoms with Gasteiger partial charge in [-0.15, -0.1) is 0 Å². The number of carboxylic acids is 1. The summed E-state index contributed by atoms with van der Waals surface area (Å²) >= 11 is 1.31. The number of aryl methyl sites for hydroxylation is 2. The fraction of sp³-hybridized carbons (Fsp3) is 0.240. The molecule has 8 heteroatoms. The van der Waals surface area contributed by atoms with E-state index in [0.29, 0.717) is 22.1 Å². The number of carbonyl (C=O) groups excluding carboxylic acids is 1. The van der Waals surface area contributed by atoms with Gasteiger partial charge in [0.25, 0.3) is 0 Å². The minimum atomic E-state index is -1.12. The molecule has 33 heavy (non-hydrogen) atoms. The SMILES string of the molecule is CSCC(NC(=O)Cc1c(C)c2cc3c(-c4ccccc4)c(C)oc3cc2oc1=O)C(=O)O. The van der Waals surface area contributed by atoms with Crippen molar-refractivity contribution in [3.8, 4) is 11.1 Å². The maximum atomic E-state index is 12.7. The topological polar surface area (TPSA) is 110 Å². The molecule has 1 atom stereocenters. The van der Waals surface area contributed by atoms with E-state index in [1.54, 1.807) is 19.2 Å². The zero-order valence-electron chi connectivity index (χ0n) is 18.4. The van der Waals surface area contributed by atoms with Crippen LogP contribution in [-0.4, -0.2) is 35.0 Å². The molecule has 4 rings (SSSR count). The van der Waals surface area contributed by atoms with Crippen LogP contribution in [0.25, 0.3) is 33.1 Å². The molecule has 2 heterocycles. The third kappa shape index (κ3) is 4.39. The number of furan rings is 1. The number of fused-ring (bicyclic) bond motifs is 2. The highest BCUT2D eigenvalue weighted by molar-refractivity contribution is 7.98. The smallest absolute Gasteiger partial charge is 0.340 e. The van der Waals surface area contributed by atoms with Crippen LogP contribution in [-0.2, 0) is 16.0 Å². The minimum absolute atomic E-state index is 0.203. The van der Waals surface area contributed by atoms with Gasteiger partial charge < -0.3 is 19.3 Å². The average molecular weight is 466 g/mol. The van der Waals surface area contributed by atoms with Crippen LogP contribution in [0, 0.1) is 13.8 Å². The summed E-state index contributed by atoms with van der Waals surface area (Å²) in [6, 6.07) is 12.4. The highest BCUT2D eigenvalue weighted by atomic mass is 32.2. The number of carbonyl (C=O) groups is 2. The molecule has 0 aliphatic carbocycles. The van der Waals surface area contributed by atoms with Gasteiger partial charge >= 0.3 is 11.6 Å². The molecule has 2 N–H and O–H groups in total. The van der Waals surface area contributed by atoms with Crippen LogP contribution >= 0.6 is 11.8 Å². The predicted octanol–water partition coefficient (Wildman–Crippen LogP) is 4.30. The molecule has 0 saturated heterocycles. The largest absolute Gasteiger partial charge is 0.480 e. The fourth-order valence-corrected chi connectivity index (χ4v) is 4.58. The summed E-state index contributed by atoms with van der Waals surface area (Å²) in [4.78, 5) is 36.5. The second-order valence-electron chi connectivity index (χ2n) is 7.83. The van der Waals surface area contributed by atoms with Crippen molar-refractivity contribution in [1.82, 2.24) is 5.32 Å². The van der Waals surface area contributed by atoms with E-state index in [1.165, 1.54) is 11.8 Å². The fourth-order valence-electron chi connectivity index (χ4n) is 4.02. The van der Waals surface area contributed by atoms with Gasteiger partial charge in [-0.25, -0.2) is 9.59 Å². The van der Waals surface area contributed by atoms with Crippen molar-refractivity contribution >= 4 is 45.6 Å². The first kappa shape index (κ1) is 22.7. The summed E-state index contributed by atoms with van der Waals surface area (Å²) in [5, 5.41) is 13.3. The molecule has 4 aromatic rings. The molecule has 1 unspecified atom stereocenters. The molecule has 170 valence electrons. The van der Waals surface area contributed by atoms with Gasteiger partial charge in [0.1, 0.15) is 23.0 Å². The average Bonchev–Trinajstić information content (AvgIpc) is 3.10. The summed E-state index contributed by atoms with van der Waals surface area (Å²) in [5.41, 5.74) is 3.14. The van der Waals surface area contributed by atoms with E-state index in [-0.39, 0.29) is 17.7 Å². The standard InChI is InChI=1S/C25H23NO6S/c1-13-16-9-18-21(31-14(2)23(18)15-7-5-4-6-8-15)11-20(16)32-25(30)17(13)10-22(27)26-19(12-33-3)24(28)29/h4-9,11,19H,10,12H2,1-3H3,(H,26,27)(H,28,29). The van der Waals surface area contributed by atoms with Crippen molar-refractivity contribution in [2.75, 3.05) is 12.0 Å². The van der Waals surface area contributed by atoms with Crippen LogP contribution < -0.4 is 10.9 Å². The second-order valence-corrected chi connectivity index (χ2v) is 8.74. The molecule has 2 aromatic heterocycles. The van der Waals surface area contributed by atoms with Gasteiger partial charge in [0.15, 0.2) is 0 Å². The molecule has 1 amide bonds. The first-order valence-electron chi connectivity index (χ1n) is 10.4. The Morgan fingerprint density at radius 1 is 1.06 bits per heavy atom. The normalized spacial score (nSPS) is 12.2. The first-order chi connectivity index (χ1) is 15.8. The number of thioether (sulfide) groups is 1. The molecule has 0 radical (unpaired) electrons. The van der Waals surface area contributed by atoms with Crippen LogP contribution in [0.5, 0.6) is 0 Å². The number of hydrogen-bond donors (Lipinski definition) is 2. The van der Waals surface area contributed by atoms with Gasteiger partial charge in [-0.1, -0.05) is 30.3 Å². The van der Waals surface area contributed by atoms with Gasteiger partial charge in [0.2, 0.25) is 5.91 Å². The molecule has 0 spiro atoms. The van der Waals surface area contributed by atoms with Crippen molar-refractivity contribution in [2.24, 2.45) is 0 Å². The lowest BCUT2D eigenvalue weighted by molar-refractivity contribution is -0.141. The Bertz CT molecular complexity index is 1420.